The molecule has 5 heteroatoms. The number of para-hydroxylation sites is 2. The summed E-state index contributed by atoms with van der Waals surface area (Å²) in [6, 6.07) is 17.2. The Morgan fingerprint density at radius 3 is 2.38 bits per heavy atom. The summed E-state index contributed by atoms with van der Waals surface area (Å²) in [6.07, 6.45) is 3.54. The van der Waals surface area contributed by atoms with Crippen LogP contribution in [-0.4, -0.2) is 14.7 Å². The van der Waals surface area contributed by atoms with Crippen LogP contribution in [0, 0.1) is 0 Å². The molecule has 3 rings (SSSR count). The number of rotatable bonds is 3. The fourth-order valence-electron chi connectivity index (χ4n) is 2.47. The molecule has 0 spiro atoms. The van der Waals surface area contributed by atoms with Gasteiger partial charge >= 0.3 is 0 Å². The highest BCUT2D eigenvalue weighted by molar-refractivity contribution is 7.92. The normalized spacial score (nSPS) is 14.1. The number of nitrogens with zero attached hydrogens (tertiary/aromatic N) is 1. The molecule has 1 aliphatic rings. The van der Waals surface area contributed by atoms with Crippen molar-refractivity contribution in [3.05, 3.63) is 72.1 Å². The average Bonchev–Trinajstić information content (AvgIpc) is 2.47. The lowest BCUT2D eigenvalue weighted by molar-refractivity contribution is 0.600. The van der Waals surface area contributed by atoms with E-state index in [9.17, 15) is 8.42 Å². The van der Waals surface area contributed by atoms with Gasteiger partial charge in [0.15, 0.2) is 0 Å². The van der Waals surface area contributed by atoms with Gasteiger partial charge < -0.3 is 5.32 Å². The van der Waals surface area contributed by atoms with Crippen LogP contribution < -0.4 is 9.62 Å². The van der Waals surface area contributed by atoms with E-state index < -0.39 is 10.0 Å². The Morgan fingerprint density at radius 1 is 1.00 bits per heavy atom. The molecule has 0 atom stereocenters. The van der Waals surface area contributed by atoms with Gasteiger partial charge in [-0.3, -0.25) is 0 Å². The van der Waals surface area contributed by atoms with Crippen LogP contribution in [0.25, 0.3) is 0 Å². The highest BCUT2D eigenvalue weighted by Gasteiger charge is 2.27. The number of allylic oxidation sites excluding steroid dienone is 1. The predicted molar refractivity (Wildman–Crippen MR) is 85.6 cm³/mol. The van der Waals surface area contributed by atoms with Gasteiger partial charge in [0.2, 0.25) is 10.0 Å². The zero-order valence-corrected chi connectivity index (χ0v) is 12.5. The van der Waals surface area contributed by atoms with Gasteiger partial charge in [-0.25, -0.2) is 12.7 Å². The van der Waals surface area contributed by atoms with E-state index in [1.807, 2.05) is 48.5 Å². The van der Waals surface area contributed by atoms with Gasteiger partial charge in [-0.15, -0.1) is 0 Å². The minimum absolute atomic E-state index is 0.551. The van der Waals surface area contributed by atoms with Crippen LogP contribution in [0.2, 0.25) is 0 Å². The number of benzene rings is 2. The fourth-order valence-corrected chi connectivity index (χ4v) is 3.53. The molecule has 0 aliphatic carbocycles. The van der Waals surface area contributed by atoms with E-state index in [-0.39, 0.29) is 0 Å². The molecule has 1 aliphatic heterocycles. The molecule has 1 heterocycles. The van der Waals surface area contributed by atoms with Gasteiger partial charge in [0, 0.05) is 12.6 Å². The topological polar surface area (TPSA) is 49.4 Å². The molecule has 0 saturated heterocycles. The smallest absolute Gasteiger partial charge is 0.236 e. The molecule has 108 valence electrons. The lowest BCUT2D eigenvalue weighted by Gasteiger charge is -2.31. The molecule has 0 amide bonds. The van der Waals surface area contributed by atoms with E-state index in [1.165, 1.54) is 10.6 Å². The maximum absolute atomic E-state index is 12.2. The van der Waals surface area contributed by atoms with Crippen molar-refractivity contribution in [3.8, 4) is 0 Å². The van der Waals surface area contributed by atoms with Gasteiger partial charge in [-0.2, -0.15) is 0 Å². The molecule has 0 aromatic heterocycles. The molecule has 1 N–H and O–H groups in total. The lowest BCUT2D eigenvalue weighted by atomic mass is 10.1. The van der Waals surface area contributed by atoms with Crippen LogP contribution in [0.5, 0.6) is 0 Å². The van der Waals surface area contributed by atoms with Gasteiger partial charge in [0.25, 0.3) is 0 Å². The number of nitrogens with one attached hydrogen (secondary N) is 1. The Labute approximate surface area is 124 Å². The van der Waals surface area contributed by atoms with Crippen molar-refractivity contribution in [2.75, 3.05) is 15.9 Å². The van der Waals surface area contributed by atoms with E-state index in [2.05, 4.69) is 5.32 Å². The first-order valence-corrected chi connectivity index (χ1v) is 8.49. The van der Waals surface area contributed by atoms with Crippen molar-refractivity contribution < 1.29 is 8.42 Å². The second-order valence-electron chi connectivity index (χ2n) is 4.99. The van der Waals surface area contributed by atoms with Crippen molar-refractivity contribution in [1.82, 2.24) is 0 Å². The van der Waals surface area contributed by atoms with Crippen LogP contribution in [0.4, 0.5) is 11.4 Å². The van der Waals surface area contributed by atoms with Crippen molar-refractivity contribution in [1.29, 1.82) is 0 Å². The van der Waals surface area contributed by atoms with Crippen molar-refractivity contribution in [2.45, 2.75) is 6.42 Å². The third kappa shape index (κ3) is 2.78. The highest BCUT2D eigenvalue weighted by Crippen LogP contribution is 2.35. The first-order valence-electron chi connectivity index (χ1n) is 6.64. The molecule has 0 bridgehead atoms. The maximum atomic E-state index is 12.2. The molecule has 0 radical (unpaired) electrons. The van der Waals surface area contributed by atoms with Gasteiger partial charge in [0.1, 0.15) is 0 Å². The van der Waals surface area contributed by atoms with Crippen LogP contribution in [0.15, 0.2) is 66.5 Å². The van der Waals surface area contributed by atoms with E-state index in [4.69, 9.17) is 0 Å². The summed E-state index contributed by atoms with van der Waals surface area (Å²) in [7, 11) is -3.38. The third-order valence-corrected chi connectivity index (χ3v) is 4.43. The summed E-state index contributed by atoms with van der Waals surface area (Å²) in [5.74, 6) is 0. The number of hydrogen-bond acceptors (Lipinski definition) is 3. The second-order valence-corrected chi connectivity index (χ2v) is 6.82. The van der Waals surface area contributed by atoms with Crippen LogP contribution in [-0.2, 0) is 16.4 Å². The highest BCUT2D eigenvalue weighted by atomic mass is 32.2. The summed E-state index contributed by atoms with van der Waals surface area (Å²) in [4.78, 5) is 0. The molecule has 0 unspecified atom stereocenters. The Morgan fingerprint density at radius 2 is 1.67 bits per heavy atom. The molecule has 4 nitrogen and oxygen atoms in total. The van der Waals surface area contributed by atoms with Crippen LogP contribution in [0.1, 0.15) is 5.56 Å². The Balaban J connectivity index is 2.03. The zero-order chi connectivity index (χ0) is 14.9. The fraction of sp³-hybridized carbons (Fsp3) is 0.125. The maximum Gasteiger partial charge on any atom is 0.236 e. The Hall–Kier alpha value is -2.27. The van der Waals surface area contributed by atoms with Gasteiger partial charge in [0.05, 0.1) is 23.3 Å². The molecule has 2 aromatic rings. The lowest BCUT2D eigenvalue weighted by Crippen LogP contribution is -2.33. The zero-order valence-electron chi connectivity index (χ0n) is 11.7. The van der Waals surface area contributed by atoms with Crippen molar-refractivity contribution >= 4 is 21.4 Å². The average molecular weight is 300 g/mol. The minimum Gasteiger partial charge on any atom is -0.358 e. The van der Waals surface area contributed by atoms with E-state index in [0.29, 0.717) is 17.8 Å². The first kappa shape index (κ1) is 13.7. The molecular weight excluding hydrogens is 284 g/mol. The van der Waals surface area contributed by atoms with E-state index >= 15 is 0 Å². The number of fused-ring (bicyclic) bond motifs is 1. The van der Waals surface area contributed by atoms with Gasteiger partial charge in [-0.1, -0.05) is 42.5 Å². The molecule has 21 heavy (non-hydrogen) atoms. The Bertz CT molecular complexity index is 783. The van der Waals surface area contributed by atoms with Crippen molar-refractivity contribution in [3.63, 3.8) is 0 Å². The molecular formula is C16H16N2O2S. The number of anilines is 2. The van der Waals surface area contributed by atoms with E-state index in [1.54, 1.807) is 12.3 Å². The number of sulfonamides is 1. The van der Waals surface area contributed by atoms with Crippen LogP contribution in [0.3, 0.4) is 0 Å². The first-order chi connectivity index (χ1) is 10.1. The summed E-state index contributed by atoms with van der Waals surface area (Å²) < 4.78 is 25.8. The SMILES string of the molecule is CS(=O)(=O)N1C(Cc2ccccc2)=CNc2ccccc21. The Kier molecular flexibility index (Phi) is 3.43. The molecule has 0 saturated carbocycles. The molecule has 2 aromatic carbocycles. The standard InChI is InChI=1S/C16H16N2O2S/c1-21(19,20)18-14(11-13-7-3-2-4-8-13)12-17-15-9-5-6-10-16(15)18/h2-10,12,17H,11H2,1H3. The second kappa shape index (κ2) is 5.26. The van der Waals surface area contributed by atoms with Gasteiger partial charge in [-0.05, 0) is 17.7 Å². The summed E-state index contributed by atoms with van der Waals surface area (Å²) in [5, 5.41) is 3.17. The number of hydrogen-bond donors (Lipinski definition) is 1. The quantitative estimate of drug-likeness (QED) is 0.948. The molecule has 0 fully saturated rings. The summed E-state index contributed by atoms with van der Waals surface area (Å²) in [5.41, 5.74) is 3.23. The largest absolute Gasteiger partial charge is 0.358 e. The summed E-state index contributed by atoms with van der Waals surface area (Å²) in [6.45, 7) is 0. The minimum atomic E-state index is -3.38. The predicted octanol–water partition coefficient (Wildman–Crippen LogP) is 2.96. The third-order valence-electron chi connectivity index (χ3n) is 3.34. The van der Waals surface area contributed by atoms with Crippen molar-refractivity contribution in [2.24, 2.45) is 0 Å². The summed E-state index contributed by atoms with van der Waals surface area (Å²) >= 11 is 0. The monoisotopic (exact) mass is 300 g/mol. The van der Waals surface area contributed by atoms with Crippen LogP contribution >= 0.6 is 0 Å². The van der Waals surface area contributed by atoms with E-state index in [0.717, 1.165) is 11.3 Å².